The highest BCUT2D eigenvalue weighted by molar-refractivity contribution is 9.10. The van der Waals surface area contributed by atoms with Crippen LogP contribution in [-0.4, -0.2) is 22.6 Å². The zero-order valence-corrected chi connectivity index (χ0v) is 14.9. The van der Waals surface area contributed by atoms with Crippen molar-refractivity contribution < 1.29 is 9.59 Å². The molecular weight excluding hydrogens is 390 g/mol. The number of carbonyl (C=O) groups excluding carboxylic acids is 2. The average Bonchev–Trinajstić information content (AvgIpc) is 2.91. The molecule has 0 saturated heterocycles. The lowest BCUT2D eigenvalue weighted by Gasteiger charge is -2.09. The Balaban J connectivity index is 1.86. The molecule has 0 spiro atoms. The van der Waals surface area contributed by atoms with Gasteiger partial charge in [-0.2, -0.15) is 0 Å². The number of rotatable bonds is 5. The second-order valence-electron chi connectivity index (χ2n) is 5.06. The van der Waals surface area contributed by atoms with E-state index in [1.165, 1.54) is 11.8 Å². The Morgan fingerprint density at radius 2 is 1.83 bits per heavy atom. The molecule has 3 rings (SSSR count). The van der Waals surface area contributed by atoms with Gasteiger partial charge in [0.15, 0.2) is 0 Å². The first kappa shape index (κ1) is 16.6. The van der Waals surface area contributed by atoms with Gasteiger partial charge in [-0.1, -0.05) is 30.3 Å². The van der Waals surface area contributed by atoms with Gasteiger partial charge in [0.05, 0.1) is 15.9 Å². The fourth-order valence-corrected chi connectivity index (χ4v) is 3.67. The highest BCUT2D eigenvalue weighted by Gasteiger charge is 2.17. The van der Waals surface area contributed by atoms with Crippen molar-refractivity contribution in [2.75, 3.05) is 11.1 Å². The van der Waals surface area contributed by atoms with Gasteiger partial charge in [0.1, 0.15) is 5.69 Å². The molecule has 2 aromatic carbocycles. The van der Waals surface area contributed by atoms with Gasteiger partial charge in [0, 0.05) is 15.8 Å². The van der Waals surface area contributed by atoms with Crippen LogP contribution in [0.3, 0.4) is 0 Å². The molecule has 0 atom stereocenters. The van der Waals surface area contributed by atoms with E-state index < -0.39 is 5.91 Å². The molecule has 0 unspecified atom stereocenters. The first-order valence-corrected chi connectivity index (χ1v) is 8.92. The number of aromatic nitrogens is 1. The van der Waals surface area contributed by atoms with Gasteiger partial charge in [0.2, 0.25) is 5.91 Å². The largest absolute Gasteiger partial charge is 0.369 e. The fraction of sp³-hybridized carbons (Fsp3) is 0.0588. The minimum absolute atomic E-state index is 0.156. The number of primary amides is 1. The van der Waals surface area contributed by atoms with E-state index in [0.29, 0.717) is 11.4 Å². The highest BCUT2D eigenvalue weighted by atomic mass is 79.9. The van der Waals surface area contributed by atoms with E-state index in [0.717, 1.165) is 20.3 Å². The van der Waals surface area contributed by atoms with Gasteiger partial charge < -0.3 is 16.0 Å². The van der Waals surface area contributed by atoms with Crippen molar-refractivity contribution in [2.45, 2.75) is 4.90 Å². The summed E-state index contributed by atoms with van der Waals surface area (Å²) < 4.78 is 0.720. The normalized spacial score (nSPS) is 10.7. The molecule has 0 aliphatic heterocycles. The van der Waals surface area contributed by atoms with Crippen molar-refractivity contribution in [1.29, 1.82) is 0 Å². The number of halogens is 1. The van der Waals surface area contributed by atoms with E-state index in [9.17, 15) is 9.59 Å². The minimum atomic E-state index is -0.403. The Labute approximate surface area is 151 Å². The smallest absolute Gasteiger partial charge is 0.273 e. The number of thioether (sulfide) groups is 1. The third-order valence-electron chi connectivity index (χ3n) is 3.37. The maximum atomic E-state index is 12.6. The molecule has 4 N–H and O–H groups in total. The van der Waals surface area contributed by atoms with Crippen LogP contribution in [0.4, 0.5) is 5.69 Å². The summed E-state index contributed by atoms with van der Waals surface area (Å²) in [6, 6.07) is 15.0. The predicted molar refractivity (Wildman–Crippen MR) is 100 cm³/mol. The van der Waals surface area contributed by atoms with E-state index in [-0.39, 0.29) is 11.7 Å². The number of hydrogen-bond acceptors (Lipinski definition) is 3. The highest BCUT2D eigenvalue weighted by Crippen LogP contribution is 2.30. The number of para-hydroxylation sites is 2. The summed E-state index contributed by atoms with van der Waals surface area (Å²) in [7, 11) is 0. The first-order chi connectivity index (χ1) is 11.6. The standard InChI is InChI=1S/C17H14BrN3O2S/c18-15-10-5-1-2-6-11(10)20-16(15)17(23)21-12-7-3-4-8-13(12)24-9-14(19)22/h1-8,20H,9H2,(H2,19,22)(H,21,23). The maximum Gasteiger partial charge on any atom is 0.273 e. The predicted octanol–water partition coefficient (Wildman–Crippen LogP) is 3.76. The first-order valence-electron chi connectivity index (χ1n) is 7.14. The second kappa shape index (κ2) is 7.11. The summed E-state index contributed by atoms with van der Waals surface area (Å²) in [6.45, 7) is 0. The summed E-state index contributed by atoms with van der Waals surface area (Å²) in [5.74, 6) is -0.507. The molecule has 0 aliphatic carbocycles. The number of benzene rings is 2. The number of aromatic amines is 1. The molecule has 0 saturated carbocycles. The third kappa shape index (κ3) is 3.47. The van der Waals surface area contributed by atoms with E-state index >= 15 is 0 Å². The topological polar surface area (TPSA) is 88.0 Å². The molecular formula is C17H14BrN3O2S. The van der Waals surface area contributed by atoms with Crippen molar-refractivity contribution in [2.24, 2.45) is 5.73 Å². The Bertz CT molecular complexity index is 923. The van der Waals surface area contributed by atoms with Crippen LogP contribution in [-0.2, 0) is 4.79 Å². The lowest BCUT2D eigenvalue weighted by molar-refractivity contribution is -0.115. The van der Waals surface area contributed by atoms with Gasteiger partial charge >= 0.3 is 0 Å². The van der Waals surface area contributed by atoms with Gasteiger partial charge in [0.25, 0.3) is 5.91 Å². The van der Waals surface area contributed by atoms with Crippen LogP contribution >= 0.6 is 27.7 Å². The molecule has 7 heteroatoms. The van der Waals surface area contributed by atoms with E-state index in [1.807, 2.05) is 42.5 Å². The summed E-state index contributed by atoms with van der Waals surface area (Å²) in [5.41, 5.74) is 7.16. The zero-order chi connectivity index (χ0) is 17.1. The summed E-state index contributed by atoms with van der Waals surface area (Å²) in [6.07, 6.45) is 0. The third-order valence-corrected chi connectivity index (χ3v) is 5.29. The van der Waals surface area contributed by atoms with Gasteiger partial charge in [-0.3, -0.25) is 9.59 Å². The summed E-state index contributed by atoms with van der Waals surface area (Å²) in [5, 5.41) is 3.82. The molecule has 5 nitrogen and oxygen atoms in total. The zero-order valence-electron chi connectivity index (χ0n) is 12.5. The number of hydrogen-bond donors (Lipinski definition) is 3. The van der Waals surface area contributed by atoms with Crippen molar-refractivity contribution in [1.82, 2.24) is 4.98 Å². The quantitative estimate of drug-likeness (QED) is 0.566. The van der Waals surface area contributed by atoms with E-state index in [4.69, 9.17) is 5.73 Å². The molecule has 24 heavy (non-hydrogen) atoms. The van der Waals surface area contributed by atoms with Crippen LogP contribution in [0.25, 0.3) is 10.9 Å². The minimum Gasteiger partial charge on any atom is -0.369 e. The van der Waals surface area contributed by atoms with E-state index in [1.54, 1.807) is 6.07 Å². The molecule has 2 amide bonds. The van der Waals surface area contributed by atoms with Crippen molar-refractivity contribution >= 4 is 56.1 Å². The number of amides is 2. The van der Waals surface area contributed by atoms with Crippen LogP contribution in [0.2, 0.25) is 0 Å². The van der Waals surface area contributed by atoms with Gasteiger partial charge in [-0.15, -0.1) is 11.8 Å². The monoisotopic (exact) mass is 403 g/mol. The summed E-state index contributed by atoms with van der Waals surface area (Å²) >= 11 is 4.77. The van der Waals surface area contributed by atoms with Crippen molar-refractivity contribution in [3.05, 3.63) is 58.7 Å². The molecule has 0 fully saturated rings. The van der Waals surface area contributed by atoms with Gasteiger partial charge in [-0.25, -0.2) is 0 Å². The van der Waals surface area contributed by atoms with Crippen LogP contribution in [0.1, 0.15) is 10.5 Å². The number of anilines is 1. The molecule has 122 valence electrons. The van der Waals surface area contributed by atoms with Crippen LogP contribution in [0, 0.1) is 0 Å². The Kier molecular flexibility index (Phi) is 4.92. The molecule has 0 radical (unpaired) electrons. The molecule has 1 aromatic heterocycles. The fourth-order valence-electron chi connectivity index (χ4n) is 2.29. The SMILES string of the molecule is NC(=O)CSc1ccccc1NC(=O)c1[nH]c2ccccc2c1Br. The molecule has 0 bridgehead atoms. The van der Waals surface area contributed by atoms with Gasteiger partial charge in [-0.05, 0) is 34.1 Å². The Hall–Kier alpha value is -2.25. The van der Waals surface area contributed by atoms with Crippen molar-refractivity contribution in [3.63, 3.8) is 0 Å². The molecule has 0 aliphatic rings. The Morgan fingerprint density at radius 1 is 1.12 bits per heavy atom. The van der Waals surface area contributed by atoms with Crippen LogP contribution in [0.15, 0.2) is 57.9 Å². The molecule has 3 aromatic rings. The van der Waals surface area contributed by atoms with E-state index in [2.05, 4.69) is 26.2 Å². The van der Waals surface area contributed by atoms with Crippen molar-refractivity contribution in [3.8, 4) is 0 Å². The molecule has 1 heterocycles. The van der Waals surface area contributed by atoms with Crippen LogP contribution < -0.4 is 11.1 Å². The second-order valence-corrected chi connectivity index (χ2v) is 6.88. The number of nitrogens with one attached hydrogen (secondary N) is 2. The summed E-state index contributed by atoms with van der Waals surface area (Å²) in [4.78, 5) is 27.5. The lowest BCUT2D eigenvalue weighted by Crippen LogP contribution is -2.15. The number of fused-ring (bicyclic) bond motifs is 1. The number of nitrogens with two attached hydrogens (primary N) is 1. The average molecular weight is 404 g/mol. The van der Waals surface area contributed by atoms with Crippen LogP contribution in [0.5, 0.6) is 0 Å². The number of carbonyl (C=O) groups is 2. The Morgan fingerprint density at radius 3 is 2.58 bits per heavy atom. The maximum absolute atomic E-state index is 12.6. The lowest BCUT2D eigenvalue weighted by atomic mass is 10.2. The number of H-pyrrole nitrogens is 1.